The van der Waals surface area contributed by atoms with Gasteiger partial charge in [-0.1, -0.05) is 23.7 Å². The number of nitrogens with one attached hydrogen (secondary N) is 4. The van der Waals surface area contributed by atoms with Crippen molar-refractivity contribution in [2.45, 2.75) is 30.6 Å². The predicted molar refractivity (Wildman–Crippen MR) is 163 cm³/mol. The molecule has 0 bridgehead atoms. The van der Waals surface area contributed by atoms with E-state index in [0.29, 0.717) is 16.4 Å². The minimum atomic E-state index is -4.61. The molecule has 0 radical (unpaired) electrons. The second-order valence-electron chi connectivity index (χ2n) is 10.3. The van der Waals surface area contributed by atoms with E-state index in [0.717, 1.165) is 18.4 Å². The fourth-order valence-electron chi connectivity index (χ4n) is 4.52. The largest absolute Gasteiger partial charge is 0.491 e. The van der Waals surface area contributed by atoms with E-state index >= 15 is 0 Å². The Balaban J connectivity index is 1.30. The lowest BCUT2D eigenvalue weighted by Gasteiger charge is -2.20. The van der Waals surface area contributed by atoms with Crippen molar-refractivity contribution in [1.29, 1.82) is 0 Å². The Kier molecular flexibility index (Phi) is 9.18. The maximum atomic E-state index is 12.9. The van der Waals surface area contributed by atoms with Crippen LogP contribution in [0.3, 0.4) is 0 Å². The Morgan fingerprint density at radius 3 is 2.22 bits per heavy atom. The van der Waals surface area contributed by atoms with Gasteiger partial charge in [0.15, 0.2) is 12.4 Å². The molecule has 1 aliphatic carbocycles. The highest BCUT2D eigenvalue weighted by atomic mass is 35.5. The summed E-state index contributed by atoms with van der Waals surface area (Å²) in [6, 6.07) is 12.1. The third-order valence-corrected chi connectivity index (χ3v) is 7.25. The number of alkyl halides is 3. The van der Waals surface area contributed by atoms with Crippen LogP contribution in [0.5, 0.6) is 11.8 Å². The number of esters is 1. The fraction of sp³-hybridized carbons (Fsp3) is 0.310. The Bertz CT molecular complexity index is 1780. The van der Waals surface area contributed by atoms with Crippen LogP contribution in [0, 0.1) is 0 Å². The molecule has 1 saturated carbocycles. The van der Waals surface area contributed by atoms with Gasteiger partial charge in [0.25, 0.3) is 10.9 Å². The van der Waals surface area contributed by atoms with Gasteiger partial charge < -0.3 is 35.5 Å². The van der Waals surface area contributed by atoms with E-state index < -0.39 is 47.2 Å². The third-order valence-electron chi connectivity index (χ3n) is 7.00. The lowest BCUT2D eigenvalue weighted by molar-refractivity contribution is -0.154. The SMILES string of the molecule is COC(=O)[C@H](CNc1c(OC)c(=O)c1=O)Nc1ccc(Nc2nc(NC3(c4ccc(Cl)cc4)CC3)nc(OCC(F)(F)F)n2)cc1. The van der Waals surface area contributed by atoms with Crippen LogP contribution in [-0.2, 0) is 15.1 Å². The summed E-state index contributed by atoms with van der Waals surface area (Å²) in [5, 5.41) is 12.4. The molecule has 4 aromatic rings. The van der Waals surface area contributed by atoms with E-state index in [1.165, 1.54) is 14.2 Å². The van der Waals surface area contributed by atoms with E-state index in [2.05, 4.69) is 36.2 Å². The number of carbonyl (C=O) groups excluding carboxylic acids is 1. The molecule has 13 nitrogen and oxygen atoms in total. The second kappa shape index (κ2) is 13.1. The lowest BCUT2D eigenvalue weighted by Crippen LogP contribution is -2.41. The summed E-state index contributed by atoms with van der Waals surface area (Å²) < 4.78 is 53.2. The highest BCUT2D eigenvalue weighted by molar-refractivity contribution is 6.30. The number of ether oxygens (including phenoxy) is 3. The molecule has 242 valence electrons. The summed E-state index contributed by atoms with van der Waals surface area (Å²) in [5.41, 5.74) is -0.229. The number of anilines is 5. The second-order valence-corrected chi connectivity index (χ2v) is 10.7. The fourth-order valence-corrected chi connectivity index (χ4v) is 4.64. The zero-order chi connectivity index (χ0) is 33.1. The first kappa shape index (κ1) is 32.3. The molecular weight excluding hydrogens is 635 g/mol. The zero-order valence-corrected chi connectivity index (χ0v) is 25.1. The third kappa shape index (κ3) is 7.56. The standard InChI is InChI=1S/C29H27ClF3N7O6/c1-44-23-20(21(41)22(23)42)34-13-19(24(43)45-2)35-17-7-9-18(10-8-17)36-25-37-26(39-27(38-25)46-14-29(31,32)33)40-28(11-12-28)15-3-5-16(30)6-4-15/h3-10,19,34-35H,11-14H2,1-2H3,(H2,36,37,38,39,40)/t19-/m0/s1. The van der Waals surface area contributed by atoms with E-state index in [-0.39, 0.29) is 29.9 Å². The van der Waals surface area contributed by atoms with Gasteiger partial charge in [0.1, 0.15) is 11.7 Å². The van der Waals surface area contributed by atoms with Crippen LogP contribution in [0.2, 0.25) is 5.02 Å². The number of benzene rings is 2. The van der Waals surface area contributed by atoms with Crippen LogP contribution in [0.1, 0.15) is 18.4 Å². The van der Waals surface area contributed by atoms with Crippen molar-refractivity contribution in [2.75, 3.05) is 48.6 Å². The zero-order valence-electron chi connectivity index (χ0n) is 24.3. The van der Waals surface area contributed by atoms with E-state index in [1.54, 1.807) is 36.4 Å². The Hall–Kier alpha value is -5.12. The van der Waals surface area contributed by atoms with E-state index in [9.17, 15) is 27.6 Å². The number of hydrogen-bond acceptors (Lipinski definition) is 13. The molecule has 0 saturated heterocycles. The monoisotopic (exact) mass is 661 g/mol. The maximum absolute atomic E-state index is 12.9. The first-order valence-electron chi connectivity index (χ1n) is 13.7. The minimum absolute atomic E-state index is 0.00669. The lowest BCUT2D eigenvalue weighted by atomic mass is 10.1. The van der Waals surface area contributed by atoms with Crippen LogP contribution < -0.4 is 41.6 Å². The van der Waals surface area contributed by atoms with Crippen molar-refractivity contribution in [3.05, 3.63) is 79.6 Å². The highest BCUT2D eigenvalue weighted by Gasteiger charge is 2.45. The topological polar surface area (TPSA) is 166 Å². The van der Waals surface area contributed by atoms with Crippen LogP contribution in [0.4, 0.5) is 42.1 Å². The molecule has 0 spiro atoms. The van der Waals surface area contributed by atoms with Crippen molar-refractivity contribution in [3.63, 3.8) is 0 Å². The molecule has 46 heavy (non-hydrogen) atoms. The van der Waals surface area contributed by atoms with Crippen molar-refractivity contribution < 1.29 is 32.2 Å². The first-order chi connectivity index (χ1) is 21.9. The Morgan fingerprint density at radius 1 is 0.957 bits per heavy atom. The van der Waals surface area contributed by atoms with Gasteiger partial charge >= 0.3 is 18.2 Å². The normalized spacial score (nSPS) is 14.2. The predicted octanol–water partition coefficient (Wildman–Crippen LogP) is 3.98. The molecule has 0 unspecified atom stereocenters. The molecule has 5 rings (SSSR count). The summed E-state index contributed by atoms with van der Waals surface area (Å²) in [4.78, 5) is 48.2. The molecule has 1 heterocycles. The number of rotatable bonds is 14. The summed E-state index contributed by atoms with van der Waals surface area (Å²) in [6.07, 6.45) is -3.14. The van der Waals surface area contributed by atoms with Gasteiger partial charge in [-0.15, -0.1) is 0 Å². The van der Waals surface area contributed by atoms with Gasteiger partial charge in [-0.05, 0) is 54.8 Å². The van der Waals surface area contributed by atoms with Gasteiger partial charge in [0.05, 0.1) is 19.8 Å². The number of methoxy groups -OCH3 is 2. The number of halogens is 4. The Labute approximate surface area is 264 Å². The van der Waals surface area contributed by atoms with Gasteiger partial charge in [0, 0.05) is 22.9 Å². The number of aromatic nitrogens is 3. The van der Waals surface area contributed by atoms with Crippen molar-refractivity contribution in [1.82, 2.24) is 15.0 Å². The quantitative estimate of drug-likeness (QED) is 0.113. The van der Waals surface area contributed by atoms with Crippen molar-refractivity contribution >= 4 is 46.5 Å². The molecule has 1 fully saturated rings. The van der Waals surface area contributed by atoms with Crippen LogP contribution in [0.25, 0.3) is 0 Å². The molecular formula is C29H27ClF3N7O6. The molecule has 1 atom stereocenters. The number of hydrogen-bond donors (Lipinski definition) is 4. The van der Waals surface area contributed by atoms with Gasteiger partial charge in [-0.3, -0.25) is 9.59 Å². The highest BCUT2D eigenvalue weighted by Crippen LogP contribution is 2.48. The van der Waals surface area contributed by atoms with Crippen LogP contribution in [-0.4, -0.2) is 60.5 Å². The number of nitrogens with zero attached hydrogens (tertiary/aromatic N) is 3. The summed E-state index contributed by atoms with van der Waals surface area (Å²) in [6.45, 7) is -1.70. The first-order valence-corrected chi connectivity index (χ1v) is 14.1. The van der Waals surface area contributed by atoms with Gasteiger partial charge in [-0.25, -0.2) is 4.79 Å². The molecule has 3 aromatic carbocycles. The summed E-state index contributed by atoms with van der Waals surface area (Å²) in [7, 11) is 2.45. The summed E-state index contributed by atoms with van der Waals surface area (Å²) in [5.74, 6) is -0.839. The van der Waals surface area contributed by atoms with Gasteiger partial charge in [-0.2, -0.15) is 28.1 Å². The molecule has 4 N–H and O–H groups in total. The molecule has 1 aromatic heterocycles. The number of carbonyl (C=O) groups is 1. The van der Waals surface area contributed by atoms with Crippen LogP contribution >= 0.6 is 11.6 Å². The van der Waals surface area contributed by atoms with Crippen molar-refractivity contribution in [3.8, 4) is 11.8 Å². The maximum Gasteiger partial charge on any atom is 0.422 e. The van der Waals surface area contributed by atoms with Crippen LogP contribution in [0.15, 0.2) is 58.1 Å². The van der Waals surface area contributed by atoms with E-state index in [4.69, 9.17) is 25.8 Å². The Morgan fingerprint density at radius 2 is 1.61 bits per heavy atom. The van der Waals surface area contributed by atoms with E-state index in [1.807, 2.05) is 12.1 Å². The molecule has 0 aliphatic heterocycles. The molecule has 17 heteroatoms. The minimum Gasteiger partial charge on any atom is -0.491 e. The summed E-state index contributed by atoms with van der Waals surface area (Å²) >= 11 is 6.01. The van der Waals surface area contributed by atoms with Crippen molar-refractivity contribution in [2.24, 2.45) is 0 Å². The molecule has 1 aliphatic rings. The van der Waals surface area contributed by atoms with Gasteiger partial charge in [0.2, 0.25) is 11.9 Å². The molecule has 0 amide bonds. The smallest absolute Gasteiger partial charge is 0.422 e. The average Bonchev–Trinajstić information content (AvgIpc) is 3.81. The average molecular weight is 662 g/mol.